The highest BCUT2D eigenvalue weighted by molar-refractivity contribution is 5.93. The Morgan fingerprint density at radius 2 is 2.05 bits per heavy atom. The van der Waals surface area contributed by atoms with Crippen molar-refractivity contribution < 1.29 is 14.4 Å². The summed E-state index contributed by atoms with van der Waals surface area (Å²) in [4.78, 5) is 19.1. The van der Waals surface area contributed by atoms with Crippen molar-refractivity contribution in [1.29, 1.82) is 0 Å². The van der Waals surface area contributed by atoms with Gasteiger partial charge in [0.2, 0.25) is 0 Å². The summed E-state index contributed by atoms with van der Waals surface area (Å²) in [7, 11) is 3.91. The lowest BCUT2D eigenvalue weighted by molar-refractivity contribution is -0.186. The number of anilines is 1. The van der Waals surface area contributed by atoms with Crippen LogP contribution >= 0.6 is 0 Å². The Kier molecular flexibility index (Phi) is 4.76. The van der Waals surface area contributed by atoms with Gasteiger partial charge in [-0.2, -0.15) is 0 Å². The van der Waals surface area contributed by atoms with Gasteiger partial charge in [0.15, 0.2) is 6.29 Å². The molecule has 1 fully saturated rings. The SMILES string of the molecule is CN(C)c1ccc(C(=O)NO[C@H]2CCCCO2)cc1. The topological polar surface area (TPSA) is 50.8 Å². The number of carbonyl (C=O) groups is 1. The Morgan fingerprint density at radius 1 is 1.32 bits per heavy atom. The third-order valence-corrected chi connectivity index (χ3v) is 3.07. The smallest absolute Gasteiger partial charge is 0.274 e. The summed E-state index contributed by atoms with van der Waals surface area (Å²) in [5, 5.41) is 0. The summed E-state index contributed by atoms with van der Waals surface area (Å²) < 4.78 is 5.37. The molecule has 2 rings (SSSR count). The van der Waals surface area contributed by atoms with Gasteiger partial charge in [0.25, 0.3) is 5.91 Å². The van der Waals surface area contributed by atoms with Crippen LogP contribution in [0.2, 0.25) is 0 Å². The maximum atomic E-state index is 11.9. The van der Waals surface area contributed by atoms with Crippen LogP contribution in [0.5, 0.6) is 0 Å². The monoisotopic (exact) mass is 264 g/mol. The van der Waals surface area contributed by atoms with Crippen LogP contribution in [0.25, 0.3) is 0 Å². The molecule has 1 saturated heterocycles. The number of hydroxylamine groups is 1. The zero-order valence-electron chi connectivity index (χ0n) is 11.4. The molecule has 0 bridgehead atoms. The summed E-state index contributed by atoms with van der Waals surface area (Å²) >= 11 is 0. The normalized spacial score (nSPS) is 18.9. The third-order valence-electron chi connectivity index (χ3n) is 3.07. The van der Waals surface area contributed by atoms with E-state index >= 15 is 0 Å². The van der Waals surface area contributed by atoms with Crippen LogP contribution in [-0.4, -0.2) is 32.9 Å². The fraction of sp³-hybridized carbons (Fsp3) is 0.500. The van der Waals surface area contributed by atoms with Crippen LogP contribution in [0.1, 0.15) is 29.6 Å². The number of nitrogens with zero attached hydrogens (tertiary/aromatic N) is 1. The fourth-order valence-electron chi connectivity index (χ4n) is 1.89. The molecule has 0 unspecified atom stereocenters. The molecular weight excluding hydrogens is 244 g/mol. The molecule has 1 aliphatic rings. The molecule has 0 saturated carbocycles. The van der Waals surface area contributed by atoms with Gasteiger partial charge >= 0.3 is 0 Å². The number of nitrogens with one attached hydrogen (secondary N) is 1. The summed E-state index contributed by atoms with van der Waals surface area (Å²) in [6.45, 7) is 0.693. The first-order valence-corrected chi connectivity index (χ1v) is 6.52. The molecule has 1 N–H and O–H groups in total. The molecule has 1 amide bonds. The minimum absolute atomic E-state index is 0.250. The van der Waals surface area contributed by atoms with Gasteiger partial charge in [0.1, 0.15) is 0 Å². The van der Waals surface area contributed by atoms with Crippen molar-refractivity contribution in [2.45, 2.75) is 25.6 Å². The van der Waals surface area contributed by atoms with Crippen molar-refractivity contribution in [2.24, 2.45) is 0 Å². The lowest BCUT2D eigenvalue weighted by Gasteiger charge is -2.22. The van der Waals surface area contributed by atoms with E-state index in [0.717, 1.165) is 24.9 Å². The highest BCUT2D eigenvalue weighted by Crippen LogP contribution is 2.14. The summed E-state index contributed by atoms with van der Waals surface area (Å²) in [5.74, 6) is -0.250. The van der Waals surface area contributed by atoms with Crippen molar-refractivity contribution >= 4 is 11.6 Å². The molecule has 1 aromatic carbocycles. The Balaban J connectivity index is 1.85. The van der Waals surface area contributed by atoms with E-state index in [0.29, 0.717) is 12.2 Å². The first-order valence-electron chi connectivity index (χ1n) is 6.52. The zero-order chi connectivity index (χ0) is 13.7. The largest absolute Gasteiger partial charge is 0.378 e. The van der Waals surface area contributed by atoms with Crippen molar-refractivity contribution in [1.82, 2.24) is 5.48 Å². The fourth-order valence-corrected chi connectivity index (χ4v) is 1.89. The molecule has 5 heteroatoms. The van der Waals surface area contributed by atoms with Crippen LogP contribution < -0.4 is 10.4 Å². The lowest BCUT2D eigenvalue weighted by atomic mass is 10.2. The summed E-state index contributed by atoms with van der Waals surface area (Å²) in [5.41, 5.74) is 4.06. The number of carbonyl (C=O) groups excluding carboxylic acids is 1. The maximum Gasteiger partial charge on any atom is 0.274 e. The average Bonchev–Trinajstić information content (AvgIpc) is 2.46. The Labute approximate surface area is 113 Å². The third kappa shape index (κ3) is 3.94. The summed E-state index contributed by atoms with van der Waals surface area (Å²) in [6.07, 6.45) is 2.62. The summed E-state index contributed by atoms with van der Waals surface area (Å²) in [6, 6.07) is 7.34. The molecule has 0 spiro atoms. The van der Waals surface area contributed by atoms with Gasteiger partial charge in [-0.05, 0) is 37.1 Å². The average molecular weight is 264 g/mol. The Morgan fingerprint density at radius 3 is 2.63 bits per heavy atom. The van der Waals surface area contributed by atoms with Gasteiger partial charge in [-0.15, -0.1) is 0 Å². The van der Waals surface area contributed by atoms with Crippen molar-refractivity contribution in [3.63, 3.8) is 0 Å². The van der Waals surface area contributed by atoms with E-state index < -0.39 is 0 Å². The Bertz CT molecular complexity index is 411. The van der Waals surface area contributed by atoms with Crippen molar-refractivity contribution in [3.8, 4) is 0 Å². The molecule has 19 heavy (non-hydrogen) atoms. The van der Waals surface area contributed by atoms with Crippen LogP contribution in [0.4, 0.5) is 5.69 Å². The molecule has 0 aliphatic carbocycles. The quantitative estimate of drug-likeness (QED) is 0.844. The van der Waals surface area contributed by atoms with Crippen LogP contribution in [0, 0.1) is 0 Å². The lowest BCUT2D eigenvalue weighted by Crippen LogP contribution is -2.33. The first kappa shape index (κ1) is 13.8. The number of hydrogen-bond acceptors (Lipinski definition) is 4. The maximum absolute atomic E-state index is 11.9. The van der Waals surface area contributed by atoms with Gasteiger partial charge in [0, 0.05) is 38.4 Å². The molecule has 0 aromatic heterocycles. The highest BCUT2D eigenvalue weighted by atomic mass is 16.8. The first-order chi connectivity index (χ1) is 9.16. The van der Waals surface area contributed by atoms with E-state index in [-0.39, 0.29) is 12.2 Å². The van der Waals surface area contributed by atoms with Crippen LogP contribution in [0.15, 0.2) is 24.3 Å². The van der Waals surface area contributed by atoms with E-state index in [9.17, 15) is 4.79 Å². The van der Waals surface area contributed by atoms with Gasteiger partial charge in [-0.1, -0.05) is 0 Å². The van der Waals surface area contributed by atoms with E-state index in [2.05, 4.69) is 5.48 Å². The molecule has 104 valence electrons. The predicted molar refractivity (Wildman–Crippen MR) is 72.9 cm³/mol. The highest BCUT2D eigenvalue weighted by Gasteiger charge is 2.16. The molecule has 1 atom stereocenters. The second-order valence-electron chi connectivity index (χ2n) is 4.79. The number of ether oxygens (including phenoxy) is 1. The second-order valence-corrected chi connectivity index (χ2v) is 4.79. The minimum atomic E-state index is -0.321. The van der Waals surface area contributed by atoms with Gasteiger partial charge < -0.3 is 9.64 Å². The molecule has 5 nitrogen and oxygen atoms in total. The second kappa shape index (κ2) is 6.54. The van der Waals surface area contributed by atoms with Gasteiger partial charge in [0.05, 0.1) is 0 Å². The van der Waals surface area contributed by atoms with E-state index in [1.165, 1.54) is 0 Å². The van der Waals surface area contributed by atoms with Gasteiger partial charge in [-0.3, -0.25) is 4.79 Å². The molecule has 0 radical (unpaired) electrons. The van der Waals surface area contributed by atoms with Crippen molar-refractivity contribution in [3.05, 3.63) is 29.8 Å². The van der Waals surface area contributed by atoms with E-state index in [1.54, 1.807) is 12.1 Å². The van der Waals surface area contributed by atoms with Crippen LogP contribution in [-0.2, 0) is 9.57 Å². The predicted octanol–water partition coefficient (Wildman–Crippen LogP) is 1.94. The Hall–Kier alpha value is -1.59. The number of hydrogen-bond donors (Lipinski definition) is 1. The number of benzene rings is 1. The molecule has 1 aliphatic heterocycles. The molecule has 1 aromatic rings. The minimum Gasteiger partial charge on any atom is -0.378 e. The standard InChI is InChI=1S/C14H20N2O3/c1-16(2)12-8-6-11(7-9-12)14(17)15-19-13-5-3-4-10-18-13/h6-9,13H,3-5,10H2,1-2H3,(H,15,17)/t13-/m0/s1. The zero-order valence-corrected chi connectivity index (χ0v) is 11.4. The van der Waals surface area contributed by atoms with E-state index in [1.807, 2.05) is 31.1 Å². The molecular formula is C14H20N2O3. The van der Waals surface area contributed by atoms with Crippen LogP contribution in [0.3, 0.4) is 0 Å². The number of amides is 1. The van der Waals surface area contributed by atoms with Gasteiger partial charge in [-0.25, -0.2) is 10.3 Å². The molecule has 1 heterocycles. The van der Waals surface area contributed by atoms with E-state index in [4.69, 9.17) is 9.57 Å². The van der Waals surface area contributed by atoms with Crippen molar-refractivity contribution in [2.75, 3.05) is 25.6 Å². The number of rotatable bonds is 4.